The maximum Gasteiger partial charge on any atom is 0.119 e. The Bertz CT molecular complexity index is 172. The zero-order chi connectivity index (χ0) is 7.98. The highest BCUT2D eigenvalue weighted by Crippen LogP contribution is 1.99. The van der Waals surface area contributed by atoms with Crippen LogP contribution in [-0.2, 0) is 0 Å². The van der Waals surface area contributed by atoms with Gasteiger partial charge in [0.2, 0.25) is 0 Å². The Balaban J connectivity index is 3.88. The molecule has 0 aromatic heterocycles. The third-order valence-corrected chi connectivity index (χ3v) is 1.53. The molecule has 0 amide bonds. The minimum atomic E-state index is -0.257. The number of rotatable bonds is 3. The molecule has 0 saturated heterocycles. The second kappa shape index (κ2) is 5.46. The third-order valence-electron chi connectivity index (χ3n) is 0.841. The van der Waals surface area contributed by atoms with Crippen molar-refractivity contribution in [2.75, 3.05) is 0 Å². The summed E-state index contributed by atoms with van der Waals surface area (Å²) >= 11 is 1.93. The molecule has 0 spiro atoms. The molecule has 10 heavy (non-hydrogen) atoms. The average molecular weight is 253 g/mol. The van der Waals surface area contributed by atoms with Crippen molar-refractivity contribution in [1.29, 1.82) is 0 Å². The highest BCUT2D eigenvalue weighted by atomic mass is 127. The molecule has 0 fully saturated rings. The van der Waals surface area contributed by atoms with Crippen molar-refractivity contribution >= 4 is 22.9 Å². The largest absolute Gasteiger partial charge is 0.329 e. The zero-order valence-electron chi connectivity index (χ0n) is 5.70. The van der Waals surface area contributed by atoms with Gasteiger partial charge in [-0.15, -0.1) is 0 Å². The van der Waals surface area contributed by atoms with Crippen LogP contribution in [-0.4, -0.2) is 0 Å². The first-order valence-electron chi connectivity index (χ1n) is 2.76. The van der Waals surface area contributed by atoms with Crippen molar-refractivity contribution in [3.8, 4) is 0 Å². The molecule has 0 aromatic carbocycles. The van der Waals surface area contributed by atoms with Crippen molar-refractivity contribution in [2.24, 2.45) is 0 Å². The van der Waals surface area contributed by atoms with Gasteiger partial charge in [0.05, 0.1) is 22.9 Å². The van der Waals surface area contributed by atoms with Gasteiger partial charge in [0.1, 0.15) is 5.83 Å². The zero-order valence-corrected chi connectivity index (χ0v) is 7.85. The van der Waals surface area contributed by atoms with Gasteiger partial charge < -0.3 is 3.53 Å². The lowest BCUT2D eigenvalue weighted by Gasteiger charge is -1.91. The maximum absolute atomic E-state index is 12.3. The van der Waals surface area contributed by atoms with Crippen LogP contribution in [0.4, 0.5) is 4.39 Å². The van der Waals surface area contributed by atoms with E-state index in [1.54, 1.807) is 13.0 Å². The minimum Gasteiger partial charge on any atom is -0.329 e. The minimum absolute atomic E-state index is 0.257. The fourth-order valence-electron chi connectivity index (χ4n) is 0.308. The molecule has 56 valence electrons. The monoisotopic (exact) mass is 253 g/mol. The van der Waals surface area contributed by atoms with Crippen LogP contribution in [0.15, 0.2) is 36.3 Å². The summed E-state index contributed by atoms with van der Waals surface area (Å²) in [5.74, 6) is -0.257. The van der Waals surface area contributed by atoms with Crippen LogP contribution in [0.25, 0.3) is 0 Å². The van der Waals surface area contributed by atoms with Crippen molar-refractivity contribution in [1.82, 2.24) is 3.53 Å². The molecule has 0 heterocycles. The lowest BCUT2D eigenvalue weighted by atomic mass is 10.4. The fraction of sp³-hybridized carbons (Fsp3) is 0.143. The smallest absolute Gasteiger partial charge is 0.119 e. The van der Waals surface area contributed by atoms with Crippen LogP contribution in [0.3, 0.4) is 0 Å². The van der Waals surface area contributed by atoms with Gasteiger partial charge in [0, 0.05) is 5.70 Å². The van der Waals surface area contributed by atoms with Gasteiger partial charge in [-0.25, -0.2) is 4.39 Å². The van der Waals surface area contributed by atoms with Gasteiger partial charge in [-0.2, -0.15) is 0 Å². The molecular formula is C7H9FIN. The number of allylic oxidation sites excluding steroid dienone is 4. The summed E-state index contributed by atoms with van der Waals surface area (Å²) in [6, 6.07) is 0. The van der Waals surface area contributed by atoms with E-state index < -0.39 is 0 Å². The maximum atomic E-state index is 12.3. The molecule has 0 aliphatic rings. The van der Waals surface area contributed by atoms with E-state index in [9.17, 15) is 4.39 Å². The van der Waals surface area contributed by atoms with Crippen molar-refractivity contribution in [3.63, 3.8) is 0 Å². The Morgan fingerprint density at radius 3 is 2.60 bits per heavy atom. The standard InChI is InChI=1S/C7H9FIN/c1-3-7(8)5-4-6(2)10-9/h3-5,10H,2H2,1H3/b5-4-,7-3+. The van der Waals surface area contributed by atoms with Crippen LogP contribution < -0.4 is 3.53 Å². The summed E-state index contributed by atoms with van der Waals surface area (Å²) < 4.78 is 15.1. The normalized spacial score (nSPS) is 12.1. The summed E-state index contributed by atoms with van der Waals surface area (Å²) in [4.78, 5) is 0. The van der Waals surface area contributed by atoms with E-state index in [1.807, 2.05) is 22.9 Å². The van der Waals surface area contributed by atoms with E-state index >= 15 is 0 Å². The van der Waals surface area contributed by atoms with Crippen LogP contribution in [0.1, 0.15) is 6.92 Å². The molecule has 0 atom stereocenters. The Morgan fingerprint density at radius 2 is 2.20 bits per heavy atom. The fourth-order valence-corrected chi connectivity index (χ4v) is 0.488. The van der Waals surface area contributed by atoms with Gasteiger partial charge in [0.15, 0.2) is 0 Å². The van der Waals surface area contributed by atoms with Crippen LogP contribution in [0.5, 0.6) is 0 Å². The third kappa shape index (κ3) is 4.55. The first kappa shape index (κ1) is 9.68. The first-order chi connectivity index (χ1) is 4.70. The molecule has 0 bridgehead atoms. The van der Waals surface area contributed by atoms with E-state index in [2.05, 4.69) is 10.1 Å². The molecule has 1 nitrogen and oxygen atoms in total. The molecule has 0 aliphatic heterocycles. The highest BCUT2D eigenvalue weighted by Gasteiger charge is 1.83. The van der Waals surface area contributed by atoms with Crippen molar-refractivity contribution in [3.05, 3.63) is 36.3 Å². The van der Waals surface area contributed by atoms with Crippen LogP contribution in [0, 0.1) is 0 Å². The van der Waals surface area contributed by atoms with E-state index in [0.29, 0.717) is 5.70 Å². The second-order valence-electron chi connectivity index (χ2n) is 1.63. The predicted molar refractivity (Wildman–Crippen MR) is 50.3 cm³/mol. The Morgan fingerprint density at radius 1 is 1.60 bits per heavy atom. The van der Waals surface area contributed by atoms with Crippen molar-refractivity contribution < 1.29 is 4.39 Å². The molecule has 0 saturated carbocycles. The number of hydrogen-bond acceptors (Lipinski definition) is 1. The number of halogens is 2. The first-order valence-corrected chi connectivity index (χ1v) is 3.84. The number of nitrogens with one attached hydrogen (secondary N) is 1. The second-order valence-corrected chi connectivity index (χ2v) is 2.17. The summed E-state index contributed by atoms with van der Waals surface area (Å²) in [7, 11) is 0. The summed E-state index contributed by atoms with van der Waals surface area (Å²) in [6.07, 6.45) is 4.31. The molecule has 3 heteroatoms. The quantitative estimate of drug-likeness (QED) is 0.463. The van der Waals surface area contributed by atoms with Gasteiger partial charge >= 0.3 is 0 Å². The van der Waals surface area contributed by atoms with Gasteiger partial charge in [-0.1, -0.05) is 12.7 Å². The highest BCUT2D eigenvalue weighted by molar-refractivity contribution is 14.1. The van der Waals surface area contributed by atoms with Crippen molar-refractivity contribution in [2.45, 2.75) is 6.92 Å². The Hall–Kier alpha value is -0.320. The van der Waals surface area contributed by atoms with Gasteiger partial charge in [-0.05, 0) is 19.1 Å². The van der Waals surface area contributed by atoms with Gasteiger partial charge in [0.25, 0.3) is 0 Å². The number of hydrogen-bond donors (Lipinski definition) is 1. The Labute approximate surface area is 74.2 Å². The van der Waals surface area contributed by atoms with E-state index in [0.717, 1.165) is 0 Å². The van der Waals surface area contributed by atoms with E-state index in [1.165, 1.54) is 12.2 Å². The summed E-state index contributed by atoms with van der Waals surface area (Å²) in [6.45, 7) is 5.22. The molecule has 0 unspecified atom stereocenters. The van der Waals surface area contributed by atoms with Gasteiger partial charge in [-0.3, -0.25) is 0 Å². The molecule has 0 aromatic rings. The molecule has 0 rings (SSSR count). The SMILES string of the molecule is C=C(/C=C\C(F)=C/C)NI. The summed E-state index contributed by atoms with van der Waals surface area (Å²) in [5.41, 5.74) is 0.678. The van der Waals surface area contributed by atoms with Crippen LogP contribution >= 0.6 is 22.9 Å². The topological polar surface area (TPSA) is 12.0 Å². The molecule has 1 N–H and O–H groups in total. The Kier molecular flexibility index (Phi) is 5.29. The lowest BCUT2D eigenvalue weighted by Crippen LogP contribution is -1.90. The molecule has 0 radical (unpaired) electrons. The van der Waals surface area contributed by atoms with E-state index in [-0.39, 0.29) is 5.83 Å². The molecular weight excluding hydrogens is 244 g/mol. The lowest BCUT2D eigenvalue weighted by molar-refractivity contribution is 0.664. The van der Waals surface area contributed by atoms with E-state index in [4.69, 9.17) is 0 Å². The van der Waals surface area contributed by atoms with Crippen LogP contribution in [0.2, 0.25) is 0 Å². The average Bonchev–Trinajstić information content (AvgIpc) is 1.99. The summed E-state index contributed by atoms with van der Waals surface area (Å²) in [5, 5.41) is 0. The predicted octanol–water partition coefficient (Wildman–Crippen LogP) is 2.87. The molecule has 0 aliphatic carbocycles.